The molecule has 1 fully saturated rings. The highest BCUT2D eigenvalue weighted by molar-refractivity contribution is 7.89. The van der Waals surface area contributed by atoms with Crippen LogP contribution in [0, 0.1) is 5.92 Å². The molecule has 0 atom stereocenters. The normalized spacial score (nSPS) is 15.0. The Morgan fingerprint density at radius 1 is 1.15 bits per heavy atom. The number of hydrogen-bond acceptors (Lipinski definition) is 5. The van der Waals surface area contributed by atoms with Crippen LogP contribution in [0.5, 0.6) is 5.75 Å². The fourth-order valence-electron chi connectivity index (χ4n) is 3.79. The number of nitrogens with two attached hydrogens (primary N) is 1. The zero-order valence-corrected chi connectivity index (χ0v) is 20.2. The van der Waals surface area contributed by atoms with Crippen LogP contribution < -0.4 is 10.5 Å². The smallest absolute Gasteiger partial charge is 0.253 e. The predicted molar refractivity (Wildman–Crippen MR) is 126 cm³/mol. The lowest BCUT2D eigenvalue weighted by atomic mass is 9.95. The Hall–Kier alpha value is -2.62. The van der Waals surface area contributed by atoms with Crippen molar-refractivity contribution in [3.05, 3.63) is 58.6 Å². The fourth-order valence-corrected chi connectivity index (χ4v) is 5.07. The molecular weight excluding hydrogens is 466 g/mol. The lowest BCUT2D eigenvalue weighted by molar-refractivity contribution is -0.123. The van der Waals surface area contributed by atoms with Gasteiger partial charge in [0, 0.05) is 48.7 Å². The number of piperidine rings is 1. The molecule has 0 radical (unpaired) electrons. The molecule has 8 nitrogen and oxygen atoms in total. The molecule has 1 heterocycles. The topological polar surface area (TPSA) is 110 Å². The number of primary amides is 1. The summed E-state index contributed by atoms with van der Waals surface area (Å²) >= 11 is 5.88. The van der Waals surface area contributed by atoms with E-state index >= 15 is 0 Å². The summed E-state index contributed by atoms with van der Waals surface area (Å²) in [4.78, 5) is 26.3. The molecule has 0 aromatic heterocycles. The van der Waals surface area contributed by atoms with Crippen molar-refractivity contribution in [1.82, 2.24) is 9.21 Å². The van der Waals surface area contributed by atoms with E-state index in [1.54, 1.807) is 23.1 Å². The highest BCUT2D eigenvalue weighted by Crippen LogP contribution is 2.27. The summed E-state index contributed by atoms with van der Waals surface area (Å²) in [7, 11) is -2.30. The molecule has 10 heteroatoms. The van der Waals surface area contributed by atoms with Crippen LogP contribution in [-0.2, 0) is 21.4 Å². The van der Waals surface area contributed by atoms with Crippen LogP contribution in [0.2, 0.25) is 5.02 Å². The highest BCUT2D eigenvalue weighted by Gasteiger charge is 2.27. The molecule has 1 aliphatic rings. The molecule has 2 amide bonds. The summed E-state index contributed by atoms with van der Waals surface area (Å²) in [5, 5.41) is 0.446. The van der Waals surface area contributed by atoms with Gasteiger partial charge in [-0.3, -0.25) is 9.59 Å². The number of amides is 2. The summed E-state index contributed by atoms with van der Waals surface area (Å²) in [6, 6.07) is 11.0. The van der Waals surface area contributed by atoms with Gasteiger partial charge < -0.3 is 15.4 Å². The summed E-state index contributed by atoms with van der Waals surface area (Å²) < 4.78 is 32.9. The van der Waals surface area contributed by atoms with Crippen LogP contribution in [0.1, 0.15) is 35.7 Å². The van der Waals surface area contributed by atoms with Crippen LogP contribution in [0.4, 0.5) is 0 Å². The van der Waals surface area contributed by atoms with E-state index in [-0.39, 0.29) is 29.2 Å². The van der Waals surface area contributed by atoms with Crippen LogP contribution in [0.3, 0.4) is 0 Å². The van der Waals surface area contributed by atoms with Crippen molar-refractivity contribution in [2.45, 2.75) is 31.2 Å². The van der Waals surface area contributed by atoms with Gasteiger partial charge in [-0.25, -0.2) is 8.42 Å². The fraction of sp³-hybridized carbons (Fsp3) is 0.391. The van der Waals surface area contributed by atoms with Crippen molar-refractivity contribution >= 4 is 33.4 Å². The van der Waals surface area contributed by atoms with Crippen LogP contribution in [0.15, 0.2) is 47.4 Å². The minimum Gasteiger partial charge on any atom is -0.494 e. The summed E-state index contributed by atoms with van der Waals surface area (Å²) in [6.07, 6.45) is 1.07. The van der Waals surface area contributed by atoms with E-state index in [2.05, 4.69) is 0 Å². The lowest BCUT2D eigenvalue weighted by Crippen LogP contribution is -2.41. The first kappa shape index (κ1) is 25.0. The Labute approximate surface area is 199 Å². The molecule has 2 aromatic rings. The zero-order valence-electron chi connectivity index (χ0n) is 18.7. The minimum absolute atomic E-state index is 0.0190. The van der Waals surface area contributed by atoms with E-state index in [1.807, 2.05) is 6.92 Å². The quantitative estimate of drug-likeness (QED) is 0.608. The molecule has 0 spiro atoms. The number of likely N-dealkylation sites (tertiary alicyclic amines) is 1. The number of benzene rings is 2. The Bertz CT molecular complexity index is 1110. The van der Waals surface area contributed by atoms with Gasteiger partial charge in [0.05, 0.1) is 11.5 Å². The van der Waals surface area contributed by atoms with E-state index in [9.17, 15) is 18.0 Å². The second-order valence-electron chi connectivity index (χ2n) is 7.94. The monoisotopic (exact) mass is 493 g/mol. The van der Waals surface area contributed by atoms with Crippen molar-refractivity contribution in [3.8, 4) is 5.75 Å². The molecule has 1 aliphatic heterocycles. The molecule has 2 N–H and O–H groups in total. The van der Waals surface area contributed by atoms with Gasteiger partial charge in [0.25, 0.3) is 5.91 Å². The molecule has 2 aromatic carbocycles. The predicted octanol–water partition coefficient (Wildman–Crippen LogP) is 2.90. The Kier molecular flexibility index (Phi) is 7.99. The molecule has 178 valence electrons. The second-order valence-corrected chi connectivity index (χ2v) is 10.4. The number of nitrogens with zero attached hydrogens (tertiary/aromatic N) is 2. The first-order chi connectivity index (χ1) is 15.6. The van der Waals surface area contributed by atoms with Gasteiger partial charge in [-0.1, -0.05) is 11.6 Å². The van der Waals surface area contributed by atoms with E-state index in [0.29, 0.717) is 54.4 Å². The van der Waals surface area contributed by atoms with Crippen LogP contribution >= 0.6 is 11.6 Å². The lowest BCUT2D eigenvalue weighted by Gasteiger charge is -2.30. The third kappa shape index (κ3) is 5.85. The van der Waals surface area contributed by atoms with E-state index in [1.165, 1.54) is 35.6 Å². The number of hydrogen-bond donors (Lipinski definition) is 1. The summed E-state index contributed by atoms with van der Waals surface area (Å²) in [5.41, 5.74) is 6.39. The van der Waals surface area contributed by atoms with E-state index in [0.717, 1.165) is 0 Å². The molecule has 1 saturated heterocycles. The summed E-state index contributed by atoms with van der Waals surface area (Å²) in [6.45, 7) is 3.14. The molecule has 0 aliphatic carbocycles. The first-order valence-electron chi connectivity index (χ1n) is 10.7. The average Bonchev–Trinajstić information content (AvgIpc) is 2.80. The molecule has 0 unspecified atom stereocenters. The largest absolute Gasteiger partial charge is 0.494 e. The number of ether oxygens (including phenoxy) is 1. The Morgan fingerprint density at radius 3 is 2.36 bits per heavy atom. The van der Waals surface area contributed by atoms with Crippen LogP contribution in [0.25, 0.3) is 0 Å². The number of rotatable bonds is 8. The second kappa shape index (κ2) is 10.5. The van der Waals surface area contributed by atoms with Gasteiger partial charge >= 0.3 is 0 Å². The molecular formula is C23H28ClN3O5S. The third-order valence-electron chi connectivity index (χ3n) is 5.71. The highest BCUT2D eigenvalue weighted by atomic mass is 35.5. The number of sulfonamides is 1. The van der Waals surface area contributed by atoms with Gasteiger partial charge in [-0.05, 0) is 62.2 Å². The number of halogens is 1. The van der Waals surface area contributed by atoms with Crippen molar-refractivity contribution in [1.29, 1.82) is 0 Å². The van der Waals surface area contributed by atoms with Gasteiger partial charge in [-0.15, -0.1) is 0 Å². The Morgan fingerprint density at radius 2 is 1.79 bits per heavy atom. The van der Waals surface area contributed by atoms with Crippen molar-refractivity contribution < 1.29 is 22.7 Å². The van der Waals surface area contributed by atoms with Gasteiger partial charge in [0.2, 0.25) is 15.9 Å². The van der Waals surface area contributed by atoms with Gasteiger partial charge in [0.15, 0.2) is 0 Å². The van der Waals surface area contributed by atoms with Crippen LogP contribution in [-0.4, -0.2) is 56.2 Å². The SMILES string of the molecule is CCOc1ccc(C(=O)N2CCC(C(N)=O)CC2)cc1CN(C)S(=O)(=O)c1ccc(Cl)cc1. The van der Waals surface area contributed by atoms with Crippen molar-refractivity contribution in [2.24, 2.45) is 11.7 Å². The third-order valence-corrected chi connectivity index (χ3v) is 7.78. The first-order valence-corrected chi connectivity index (χ1v) is 12.5. The zero-order chi connectivity index (χ0) is 24.2. The molecule has 0 bridgehead atoms. The van der Waals surface area contributed by atoms with E-state index in [4.69, 9.17) is 22.1 Å². The molecule has 3 rings (SSSR count). The number of carbonyl (C=O) groups excluding carboxylic acids is 2. The minimum atomic E-state index is -3.77. The van der Waals surface area contributed by atoms with E-state index < -0.39 is 10.0 Å². The maximum absolute atomic E-state index is 13.1. The standard InChI is InChI=1S/C23H28ClN3O5S/c1-3-32-21-9-4-17(23(29)27-12-10-16(11-13-27)22(25)28)14-18(21)15-26(2)33(30,31)20-7-5-19(24)6-8-20/h4-9,14,16H,3,10-13,15H2,1-2H3,(H2,25,28). The molecule has 33 heavy (non-hydrogen) atoms. The van der Waals surface area contributed by atoms with Crippen molar-refractivity contribution in [2.75, 3.05) is 26.7 Å². The van der Waals surface area contributed by atoms with Gasteiger partial charge in [0.1, 0.15) is 5.75 Å². The Balaban J connectivity index is 1.82. The summed E-state index contributed by atoms with van der Waals surface area (Å²) in [5.74, 6) is -0.211. The maximum Gasteiger partial charge on any atom is 0.253 e. The molecule has 0 saturated carbocycles. The van der Waals surface area contributed by atoms with Gasteiger partial charge in [-0.2, -0.15) is 4.31 Å². The van der Waals surface area contributed by atoms with Crippen molar-refractivity contribution in [3.63, 3.8) is 0 Å². The maximum atomic E-state index is 13.1. The average molecular weight is 494 g/mol. The number of carbonyl (C=O) groups is 2.